The van der Waals surface area contributed by atoms with Gasteiger partial charge in [-0.1, -0.05) is 6.07 Å². The maximum absolute atomic E-state index is 5.85. The van der Waals surface area contributed by atoms with E-state index in [4.69, 9.17) is 5.73 Å². The number of nitrogens with zero attached hydrogens (tertiary/aromatic N) is 1. The van der Waals surface area contributed by atoms with Crippen LogP contribution in [0.5, 0.6) is 0 Å². The molecule has 1 aliphatic rings. The number of hydrogen-bond acceptors (Lipinski definition) is 3. The summed E-state index contributed by atoms with van der Waals surface area (Å²) in [6, 6.07) is 7.48. The Kier molecular flexibility index (Phi) is 4.98. The second-order valence-corrected chi connectivity index (χ2v) is 7.09. The van der Waals surface area contributed by atoms with Crippen molar-refractivity contribution in [3.05, 3.63) is 28.2 Å². The minimum atomic E-state index is 0.216. The van der Waals surface area contributed by atoms with E-state index < -0.39 is 0 Å². The van der Waals surface area contributed by atoms with Crippen LogP contribution >= 0.6 is 27.7 Å². The van der Waals surface area contributed by atoms with E-state index in [1.165, 1.54) is 27.2 Å². The van der Waals surface area contributed by atoms with Gasteiger partial charge >= 0.3 is 0 Å². The quantitative estimate of drug-likeness (QED) is 0.923. The minimum absolute atomic E-state index is 0.216. The minimum Gasteiger partial charge on any atom is -0.366 e. The van der Waals surface area contributed by atoms with E-state index in [9.17, 15) is 0 Å². The smallest absolute Gasteiger partial charge is 0.0513 e. The highest BCUT2D eigenvalue weighted by Gasteiger charge is 2.20. The van der Waals surface area contributed by atoms with Crippen molar-refractivity contribution in [3.8, 4) is 0 Å². The van der Waals surface area contributed by atoms with Crippen LogP contribution in [-0.2, 0) is 6.42 Å². The zero-order valence-corrected chi connectivity index (χ0v) is 13.4. The molecule has 1 aromatic carbocycles. The standard InChI is InChI=1S/C14H21BrN2S/c1-10(16)7-12-3-4-14(13(15)8-12)17-5-6-18-9-11(17)2/h3-4,8,10-11H,5-7,9,16H2,1-2H3. The van der Waals surface area contributed by atoms with Crippen LogP contribution in [0.25, 0.3) is 0 Å². The van der Waals surface area contributed by atoms with Gasteiger partial charge in [0.15, 0.2) is 0 Å². The molecule has 2 atom stereocenters. The first-order valence-corrected chi connectivity index (χ1v) is 8.41. The van der Waals surface area contributed by atoms with E-state index in [0.29, 0.717) is 6.04 Å². The van der Waals surface area contributed by atoms with Crippen LogP contribution in [0.1, 0.15) is 19.4 Å². The van der Waals surface area contributed by atoms with Crippen LogP contribution in [-0.4, -0.2) is 30.1 Å². The van der Waals surface area contributed by atoms with Crippen LogP contribution in [0.15, 0.2) is 22.7 Å². The van der Waals surface area contributed by atoms with Crippen LogP contribution < -0.4 is 10.6 Å². The van der Waals surface area contributed by atoms with Crippen molar-refractivity contribution in [2.24, 2.45) is 5.73 Å². The van der Waals surface area contributed by atoms with Crippen molar-refractivity contribution in [2.45, 2.75) is 32.4 Å². The molecule has 2 rings (SSSR count). The Labute approximate surface area is 122 Å². The average molecular weight is 329 g/mol. The molecule has 1 aromatic rings. The van der Waals surface area contributed by atoms with Crippen molar-refractivity contribution in [1.29, 1.82) is 0 Å². The van der Waals surface area contributed by atoms with E-state index in [-0.39, 0.29) is 6.04 Å². The number of hydrogen-bond donors (Lipinski definition) is 1. The van der Waals surface area contributed by atoms with Crippen LogP contribution in [0, 0.1) is 0 Å². The zero-order chi connectivity index (χ0) is 13.1. The molecule has 0 aromatic heterocycles. The lowest BCUT2D eigenvalue weighted by Gasteiger charge is -2.35. The Balaban J connectivity index is 2.18. The number of anilines is 1. The second kappa shape index (κ2) is 6.31. The van der Waals surface area contributed by atoms with Gasteiger partial charge in [-0.25, -0.2) is 0 Å². The van der Waals surface area contributed by atoms with E-state index >= 15 is 0 Å². The average Bonchev–Trinajstić information content (AvgIpc) is 2.30. The third-order valence-corrected chi connectivity index (χ3v) is 5.07. The Bertz CT molecular complexity index is 409. The molecule has 1 fully saturated rings. The molecular weight excluding hydrogens is 308 g/mol. The Hall–Kier alpha value is -0.190. The molecule has 4 heteroatoms. The summed E-state index contributed by atoms with van der Waals surface area (Å²) in [5.41, 5.74) is 8.47. The molecule has 2 N–H and O–H groups in total. The predicted octanol–water partition coefficient (Wildman–Crippen LogP) is 3.28. The molecule has 1 aliphatic heterocycles. The van der Waals surface area contributed by atoms with Crippen molar-refractivity contribution < 1.29 is 0 Å². The van der Waals surface area contributed by atoms with Gasteiger partial charge in [-0.15, -0.1) is 0 Å². The van der Waals surface area contributed by atoms with Gasteiger partial charge < -0.3 is 10.6 Å². The molecule has 0 aliphatic carbocycles. The highest BCUT2D eigenvalue weighted by molar-refractivity contribution is 9.10. The number of nitrogens with two attached hydrogens (primary N) is 1. The molecule has 2 unspecified atom stereocenters. The van der Waals surface area contributed by atoms with Gasteiger partial charge in [-0.3, -0.25) is 0 Å². The van der Waals surface area contributed by atoms with Gasteiger partial charge in [-0.2, -0.15) is 11.8 Å². The molecule has 1 heterocycles. The first-order chi connectivity index (χ1) is 8.58. The van der Waals surface area contributed by atoms with Gasteiger partial charge in [0.25, 0.3) is 0 Å². The fourth-order valence-electron chi connectivity index (χ4n) is 2.37. The lowest BCUT2D eigenvalue weighted by Crippen LogP contribution is -2.40. The SMILES string of the molecule is CC(N)Cc1ccc(N2CCSCC2C)c(Br)c1. The van der Waals surface area contributed by atoms with E-state index in [2.05, 4.69) is 46.0 Å². The Morgan fingerprint density at radius 1 is 1.56 bits per heavy atom. The largest absolute Gasteiger partial charge is 0.366 e. The van der Waals surface area contributed by atoms with Crippen LogP contribution in [0.2, 0.25) is 0 Å². The van der Waals surface area contributed by atoms with Crippen molar-refractivity contribution in [3.63, 3.8) is 0 Å². The molecule has 0 radical (unpaired) electrons. The summed E-state index contributed by atoms with van der Waals surface area (Å²) in [7, 11) is 0. The molecular formula is C14H21BrN2S. The maximum atomic E-state index is 5.85. The van der Waals surface area contributed by atoms with Gasteiger partial charge in [0.2, 0.25) is 0 Å². The molecule has 100 valence electrons. The first kappa shape index (κ1) is 14.2. The highest BCUT2D eigenvalue weighted by Crippen LogP contribution is 2.31. The fraction of sp³-hybridized carbons (Fsp3) is 0.571. The summed E-state index contributed by atoms with van der Waals surface area (Å²) in [4.78, 5) is 2.50. The maximum Gasteiger partial charge on any atom is 0.0513 e. The first-order valence-electron chi connectivity index (χ1n) is 6.46. The highest BCUT2D eigenvalue weighted by atomic mass is 79.9. The molecule has 2 nitrogen and oxygen atoms in total. The van der Waals surface area contributed by atoms with Crippen LogP contribution in [0.3, 0.4) is 0 Å². The summed E-state index contributed by atoms with van der Waals surface area (Å²) in [6.45, 7) is 5.48. The van der Waals surface area contributed by atoms with Gasteiger partial charge in [0, 0.05) is 34.6 Å². The normalized spacial score (nSPS) is 22.0. The molecule has 0 amide bonds. The summed E-state index contributed by atoms with van der Waals surface area (Å²) in [5, 5.41) is 0. The Morgan fingerprint density at radius 2 is 2.33 bits per heavy atom. The number of benzene rings is 1. The summed E-state index contributed by atoms with van der Waals surface area (Å²) < 4.78 is 1.19. The zero-order valence-electron chi connectivity index (χ0n) is 11.0. The lowest BCUT2D eigenvalue weighted by molar-refractivity contribution is 0.697. The van der Waals surface area contributed by atoms with Crippen molar-refractivity contribution in [1.82, 2.24) is 0 Å². The number of thioether (sulfide) groups is 1. The molecule has 18 heavy (non-hydrogen) atoms. The van der Waals surface area contributed by atoms with Crippen molar-refractivity contribution >= 4 is 33.4 Å². The van der Waals surface area contributed by atoms with Crippen LogP contribution in [0.4, 0.5) is 5.69 Å². The Morgan fingerprint density at radius 3 is 2.94 bits per heavy atom. The van der Waals surface area contributed by atoms with Crippen molar-refractivity contribution in [2.75, 3.05) is 23.0 Å². The van der Waals surface area contributed by atoms with Gasteiger partial charge in [-0.05, 0) is 53.9 Å². The van der Waals surface area contributed by atoms with E-state index in [1.54, 1.807) is 0 Å². The molecule has 0 spiro atoms. The number of rotatable bonds is 3. The summed E-state index contributed by atoms with van der Waals surface area (Å²) in [6.07, 6.45) is 0.935. The lowest BCUT2D eigenvalue weighted by atomic mass is 10.1. The fourth-order valence-corrected chi connectivity index (χ4v) is 4.03. The molecule has 1 saturated heterocycles. The third-order valence-electron chi connectivity index (χ3n) is 3.25. The molecule has 0 bridgehead atoms. The van der Waals surface area contributed by atoms with E-state index in [0.717, 1.165) is 13.0 Å². The second-order valence-electron chi connectivity index (χ2n) is 5.08. The monoisotopic (exact) mass is 328 g/mol. The summed E-state index contributed by atoms with van der Waals surface area (Å²) >= 11 is 5.76. The number of halogens is 1. The molecule has 0 saturated carbocycles. The summed E-state index contributed by atoms with van der Waals surface area (Å²) in [5.74, 6) is 2.44. The van der Waals surface area contributed by atoms with Gasteiger partial charge in [0.1, 0.15) is 0 Å². The van der Waals surface area contributed by atoms with E-state index in [1.807, 2.05) is 18.7 Å². The third kappa shape index (κ3) is 3.43. The predicted molar refractivity (Wildman–Crippen MR) is 85.6 cm³/mol. The topological polar surface area (TPSA) is 29.3 Å². The van der Waals surface area contributed by atoms with Gasteiger partial charge in [0.05, 0.1) is 5.69 Å².